The molecule has 0 radical (unpaired) electrons. The van der Waals surface area contributed by atoms with E-state index in [1.807, 2.05) is 36.4 Å². The summed E-state index contributed by atoms with van der Waals surface area (Å²) in [5.74, 6) is 1.20. The molecule has 27 heavy (non-hydrogen) atoms. The second kappa shape index (κ2) is 9.69. The standard InChI is InChI=1S/C21H27FO5/c1-21(2,15-3-7-19(8-4-15)26-13-17(24)11-22)16-5-9-20(10-6-16)27-14-18(25)12-23/h3-10,17-18,23-25H,11-14H2,1-2H3/t17-,18-/m1/s1. The summed E-state index contributed by atoms with van der Waals surface area (Å²) in [6.07, 6.45) is -2.01. The quantitative estimate of drug-likeness (QED) is 0.592. The maximum atomic E-state index is 12.3. The fraction of sp³-hybridized carbons (Fsp3) is 0.429. The Morgan fingerprint density at radius 1 is 0.815 bits per heavy atom. The zero-order valence-corrected chi connectivity index (χ0v) is 15.6. The number of aliphatic hydroxyl groups excluding tert-OH is 3. The van der Waals surface area contributed by atoms with Crippen LogP contribution < -0.4 is 9.47 Å². The first-order valence-electron chi connectivity index (χ1n) is 8.86. The topological polar surface area (TPSA) is 79.2 Å². The molecule has 2 aromatic carbocycles. The van der Waals surface area contributed by atoms with Gasteiger partial charge < -0.3 is 24.8 Å². The molecule has 0 saturated heterocycles. The number of halogens is 1. The van der Waals surface area contributed by atoms with Crippen molar-refractivity contribution >= 4 is 0 Å². The molecule has 0 heterocycles. The first-order chi connectivity index (χ1) is 12.9. The Morgan fingerprint density at radius 2 is 1.22 bits per heavy atom. The molecule has 0 amide bonds. The van der Waals surface area contributed by atoms with Crippen molar-refractivity contribution in [3.8, 4) is 11.5 Å². The molecule has 0 fully saturated rings. The number of hydrogen-bond donors (Lipinski definition) is 3. The third-order valence-electron chi connectivity index (χ3n) is 4.43. The predicted molar refractivity (Wildman–Crippen MR) is 101 cm³/mol. The van der Waals surface area contributed by atoms with Crippen LogP contribution in [-0.2, 0) is 5.41 Å². The smallest absolute Gasteiger partial charge is 0.119 e. The minimum absolute atomic E-state index is 0.0395. The van der Waals surface area contributed by atoms with Gasteiger partial charge in [0, 0.05) is 5.41 Å². The van der Waals surface area contributed by atoms with Gasteiger partial charge in [0.15, 0.2) is 0 Å². The number of benzene rings is 2. The third kappa shape index (κ3) is 5.92. The van der Waals surface area contributed by atoms with Gasteiger partial charge in [-0.3, -0.25) is 0 Å². The lowest BCUT2D eigenvalue weighted by Crippen LogP contribution is -2.21. The second-order valence-corrected chi connectivity index (χ2v) is 6.94. The molecule has 5 nitrogen and oxygen atoms in total. The highest BCUT2D eigenvalue weighted by atomic mass is 19.1. The van der Waals surface area contributed by atoms with Crippen molar-refractivity contribution in [2.75, 3.05) is 26.5 Å². The van der Waals surface area contributed by atoms with Crippen molar-refractivity contribution in [1.82, 2.24) is 0 Å². The van der Waals surface area contributed by atoms with E-state index in [4.69, 9.17) is 14.6 Å². The summed E-state index contributed by atoms with van der Waals surface area (Å²) in [6.45, 7) is 2.99. The maximum Gasteiger partial charge on any atom is 0.119 e. The molecule has 3 N–H and O–H groups in total. The maximum absolute atomic E-state index is 12.3. The number of aliphatic hydroxyl groups is 3. The normalized spacial score (nSPS) is 13.9. The lowest BCUT2D eigenvalue weighted by atomic mass is 9.78. The summed E-state index contributed by atoms with van der Waals surface area (Å²) in [7, 11) is 0. The van der Waals surface area contributed by atoms with Crippen LogP contribution in [0.4, 0.5) is 4.39 Å². The van der Waals surface area contributed by atoms with E-state index in [-0.39, 0.29) is 25.2 Å². The van der Waals surface area contributed by atoms with Crippen molar-refractivity contribution in [2.45, 2.75) is 31.5 Å². The fourth-order valence-electron chi connectivity index (χ4n) is 2.58. The Hall–Kier alpha value is -2.15. The Labute approximate surface area is 159 Å². The highest BCUT2D eigenvalue weighted by molar-refractivity contribution is 5.41. The van der Waals surface area contributed by atoms with Crippen LogP contribution >= 0.6 is 0 Å². The van der Waals surface area contributed by atoms with Crippen LogP contribution in [0.5, 0.6) is 11.5 Å². The molecule has 2 rings (SSSR count). The summed E-state index contributed by atoms with van der Waals surface area (Å²) >= 11 is 0. The average Bonchev–Trinajstić information content (AvgIpc) is 2.70. The molecule has 2 atom stereocenters. The molecule has 6 heteroatoms. The highest BCUT2D eigenvalue weighted by Gasteiger charge is 2.23. The molecule has 0 aliphatic carbocycles. The molecule has 148 valence electrons. The number of alkyl halides is 1. The first-order valence-corrected chi connectivity index (χ1v) is 8.86. The van der Waals surface area contributed by atoms with Crippen LogP contribution in [0, 0.1) is 0 Å². The zero-order valence-electron chi connectivity index (χ0n) is 15.6. The Morgan fingerprint density at radius 3 is 1.59 bits per heavy atom. The molecule has 0 saturated carbocycles. The predicted octanol–water partition coefficient (Wildman–Crippen LogP) is 2.45. The van der Waals surface area contributed by atoms with Crippen molar-refractivity contribution in [1.29, 1.82) is 0 Å². The molecule has 0 aliphatic heterocycles. The summed E-state index contributed by atoms with van der Waals surface area (Å²) in [5, 5.41) is 27.4. The Bertz CT molecular complexity index is 625. The van der Waals surface area contributed by atoms with E-state index < -0.39 is 18.9 Å². The Balaban J connectivity index is 2.04. The number of hydrogen-bond acceptors (Lipinski definition) is 5. The first kappa shape index (κ1) is 21.2. The number of ether oxygens (including phenoxy) is 2. The van der Waals surface area contributed by atoms with E-state index in [0.717, 1.165) is 11.1 Å². The highest BCUT2D eigenvalue weighted by Crippen LogP contribution is 2.33. The Kier molecular flexibility index (Phi) is 7.59. The average molecular weight is 378 g/mol. The van der Waals surface area contributed by atoms with E-state index >= 15 is 0 Å². The van der Waals surface area contributed by atoms with Crippen LogP contribution in [-0.4, -0.2) is 54.0 Å². The van der Waals surface area contributed by atoms with E-state index in [2.05, 4.69) is 13.8 Å². The lowest BCUT2D eigenvalue weighted by Gasteiger charge is -2.26. The minimum atomic E-state index is -1.11. The molecule has 2 aromatic rings. The van der Waals surface area contributed by atoms with Crippen LogP contribution in [0.1, 0.15) is 25.0 Å². The van der Waals surface area contributed by atoms with Crippen molar-refractivity contribution in [3.63, 3.8) is 0 Å². The summed E-state index contributed by atoms with van der Waals surface area (Å²) in [5.41, 5.74) is 1.89. The minimum Gasteiger partial charge on any atom is -0.491 e. The molecule has 0 spiro atoms. The van der Waals surface area contributed by atoms with Gasteiger partial charge in [0.2, 0.25) is 0 Å². The molecule has 0 aromatic heterocycles. The van der Waals surface area contributed by atoms with Gasteiger partial charge in [-0.15, -0.1) is 0 Å². The van der Waals surface area contributed by atoms with Crippen molar-refractivity contribution in [2.24, 2.45) is 0 Å². The van der Waals surface area contributed by atoms with Gasteiger partial charge in [0.1, 0.15) is 43.6 Å². The van der Waals surface area contributed by atoms with E-state index in [1.165, 1.54) is 0 Å². The van der Waals surface area contributed by atoms with E-state index in [1.54, 1.807) is 12.1 Å². The third-order valence-corrected chi connectivity index (χ3v) is 4.43. The summed E-state index contributed by atoms with van der Waals surface area (Å²) in [4.78, 5) is 0. The van der Waals surface area contributed by atoms with E-state index in [0.29, 0.717) is 11.5 Å². The van der Waals surface area contributed by atoms with Gasteiger partial charge in [0.25, 0.3) is 0 Å². The largest absolute Gasteiger partial charge is 0.491 e. The van der Waals surface area contributed by atoms with Gasteiger partial charge in [-0.1, -0.05) is 38.1 Å². The van der Waals surface area contributed by atoms with Gasteiger partial charge in [0.05, 0.1) is 6.61 Å². The van der Waals surface area contributed by atoms with E-state index in [9.17, 15) is 14.6 Å². The molecule has 0 bridgehead atoms. The molecule has 0 unspecified atom stereocenters. The van der Waals surface area contributed by atoms with Crippen LogP contribution in [0.15, 0.2) is 48.5 Å². The van der Waals surface area contributed by atoms with Gasteiger partial charge in [-0.2, -0.15) is 0 Å². The van der Waals surface area contributed by atoms with Crippen molar-refractivity contribution < 1.29 is 29.2 Å². The summed E-state index contributed by atoms with van der Waals surface area (Å²) < 4.78 is 23.1. The van der Waals surface area contributed by atoms with Crippen LogP contribution in [0.25, 0.3) is 0 Å². The summed E-state index contributed by atoms with van der Waals surface area (Å²) in [6, 6.07) is 15.1. The second-order valence-electron chi connectivity index (χ2n) is 6.94. The van der Waals surface area contributed by atoms with Gasteiger partial charge >= 0.3 is 0 Å². The molecular weight excluding hydrogens is 351 g/mol. The van der Waals surface area contributed by atoms with Gasteiger partial charge in [-0.05, 0) is 35.4 Å². The monoisotopic (exact) mass is 378 g/mol. The lowest BCUT2D eigenvalue weighted by molar-refractivity contribution is 0.0536. The SMILES string of the molecule is CC(C)(c1ccc(OC[C@H](O)CO)cc1)c1ccc(OC[C@H](O)CF)cc1. The molecular formula is C21H27FO5. The fourth-order valence-corrected chi connectivity index (χ4v) is 2.58. The zero-order chi connectivity index (χ0) is 19.9. The molecule has 0 aliphatic rings. The van der Waals surface area contributed by atoms with Crippen LogP contribution in [0.2, 0.25) is 0 Å². The van der Waals surface area contributed by atoms with Gasteiger partial charge in [-0.25, -0.2) is 4.39 Å². The van der Waals surface area contributed by atoms with Crippen molar-refractivity contribution in [3.05, 3.63) is 59.7 Å². The van der Waals surface area contributed by atoms with Crippen LogP contribution in [0.3, 0.4) is 0 Å². The number of rotatable bonds is 10.